The first-order valence-electron chi connectivity index (χ1n) is 6.84. The van der Waals surface area contributed by atoms with Crippen LogP contribution in [0.5, 0.6) is 0 Å². The molecule has 0 radical (unpaired) electrons. The van der Waals surface area contributed by atoms with Crippen LogP contribution in [-0.2, 0) is 0 Å². The van der Waals surface area contributed by atoms with E-state index in [2.05, 4.69) is 20.8 Å². The van der Waals surface area contributed by atoms with Crippen molar-refractivity contribution in [3.05, 3.63) is 0 Å². The van der Waals surface area contributed by atoms with E-state index >= 15 is 0 Å². The van der Waals surface area contributed by atoms with Crippen LogP contribution in [0.1, 0.15) is 72.1 Å². The zero-order chi connectivity index (χ0) is 11.3. The van der Waals surface area contributed by atoms with Crippen LogP contribution >= 0.6 is 0 Å². The van der Waals surface area contributed by atoms with E-state index in [1.165, 1.54) is 32.1 Å². The normalized spacial score (nSPS) is 34.0. The second-order valence-corrected chi connectivity index (χ2v) is 5.55. The maximum atomic E-state index is 10.7. The van der Waals surface area contributed by atoms with Crippen LogP contribution < -0.4 is 0 Å². The summed E-state index contributed by atoms with van der Waals surface area (Å²) in [6, 6.07) is 0. The summed E-state index contributed by atoms with van der Waals surface area (Å²) in [7, 11) is 0. The van der Waals surface area contributed by atoms with Crippen molar-refractivity contribution in [1.29, 1.82) is 0 Å². The Hall–Kier alpha value is -0.0400. The maximum absolute atomic E-state index is 10.7. The molecule has 1 N–H and O–H groups in total. The lowest BCUT2D eigenvalue weighted by molar-refractivity contribution is -0.0666. The monoisotopic (exact) mass is 212 g/mol. The van der Waals surface area contributed by atoms with E-state index in [9.17, 15) is 5.11 Å². The molecule has 1 aliphatic rings. The molecule has 1 heteroatoms. The van der Waals surface area contributed by atoms with Crippen molar-refractivity contribution in [2.75, 3.05) is 0 Å². The largest absolute Gasteiger partial charge is 0.390 e. The molecule has 0 aromatic heterocycles. The third kappa shape index (κ3) is 3.48. The van der Waals surface area contributed by atoms with Crippen molar-refractivity contribution in [3.63, 3.8) is 0 Å². The van der Waals surface area contributed by atoms with E-state index in [0.29, 0.717) is 11.8 Å². The first-order chi connectivity index (χ1) is 7.12. The Kier molecular flexibility index (Phi) is 5.11. The van der Waals surface area contributed by atoms with Crippen LogP contribution in [0.3, 0.4) is 0 Å². The van der Waals surface area contributed by atoms with Crippen LogP contribution in [0.4, 0.5) is 0 Å². The molecule has 1 saturated carbocycles. The molecule has 0 spiro atoms. The summed E-state index contributed by atoms with van der Waals surface area (Å²) in [6.07, 6.45) is 9.52. The van der Waals surface area contributed by atoms with Crippen molar-refractivity contribution in [2.24, 2.45) is 11.8 Å². The van der Waals surface area contributed by atoms with Crippen LogP contribution in [-0.4, -0.2) is 10.7 Å². The van der Waals surface area contributed by atoms with Gasteiger partial charge in [-0.2, -0.15) is 0 Å². The Morgan fingerprint density at radius 3 is 2.67 bits per heavy atom. The molecular formula is C14H28O. The molecule has 1 nitrogen and oxygen atoms in total. The summed E-state index contributed by atoms with van der Waals surface area (Å²) in [5, 5.41) is 10.7. The van der Waals surface area contributed by atoms with Gasteiger partial charge in [-0.25, -0.2) is 0 Å². The summed E-state index contributed by atoms with van der Waals surface area (Å²) in [5.74, 6) is 1.25. The van der Waals surface area contributed by atoms with Crippen molar-refractivity contribution >= 4 is 0 Å². The minimum Gasteiger partial charge on any atom is -0.390 e. The molecule has 15 heavy (non-hydrogen) atoms. The summed E-state index contributed by atoms with van der Waals surface area (Å²) in [4.78, 5) is 0. The van der Waals surface area contributed by atoms with Crippen LogP contribution in [0.2, 0.25) is 0 Å². The second kappa shape index (κ2) is 5.89. The van der Waals surface area contributed by atoms with E-state index < -0.39 is 0 Å². The minimum atomic E-state index is -0.332. The van der Waals surface area contributed by atoms with Gasteiger partial charge in [-0.05, 0) is 31.1 Å². The van der Waals surface area contributed by atoms with E-state index in [-0.39, 0.29) is 5.60 Å². The van der Waals surface area contributed by atoms with Crippen LogP contribution in [0, 0.1) is 11.8 Å². The molecule has 1 fully saturated rings. The summed E-state index contributed by atoms with van der Waals surface area (Å²) < 4.78 is 0. The van der Waals surface area contributed by atoms with E-state index in [4.69, 9.17) is 0 Å². The molecule has 3 atom stereocenters. The van der Waals surface area contributed by atoms with Crippen LogP contribution in [0.15, 0.2) is 0 Å². The van der Waals surface area contributed by atoms with Gasteiger partial charge in [0.15, 0.2) is 0 Å². The average Bonchev–Trinajstić information content (AvgIpc) is 2.18. The predicted molar refractivity (Wildman–Crippen MR) is 65.9 cm³/mol. The van der Waals surface area contributed by atoms with Gasteiger partial charge in [0.05, 0.1) is 5.60 Å². The number of rotatable bonds is 5. The smallest absolute Gasteiger partial charge is 0.0678 e. The van der Waals surface area contributed by atoms with Gasteiger partial charge >= 0.3 is 0 Å². The third-order valence-corrected chi connectivity index (χ3v) is 4.15. The third-order valence-electron chi connectivity index (χ3n) is 4.15. The lowest BCUT2D eigenvalue weighted by Crippen LogP contribution is -2.41. The zero-order valence-corrected chi connectivity index (χ0v) is 10.8. The summed E-state index contributed by atoms with van der Waals surface area (Å²) >= 11 is 0. The highest BCUT2D eigenvalue weighted by atomic mass is 16.3. The summed E-state index contributed by atoms with van der Waals surface area (Å²) in [5.41, 5.74) is -0.332. The Morgan fingerprint density at radius 2 is 2.07 bits per heavy atom. The molecule has 0 bridgehead atoms. The highest BCUT2D eigenvalue weighted by Crippen LogP contribution is 2.40. The van der Waals surface area contributed by atoms with Gasteiger partial charge in [-0.1, -0.05) is 52.9 Å². The predicted octanol–water partition coefficient (Wildman–Crippen LogP) is 4.14. The Bertz CT molecular complexity index is 178. The molecule has 1 rings (SSSR count). The fourth-order valence-electron chi connectivity index (χ4n) is 3.35. The molecule has 0 heterocycles. The zero-order valence-electron chi connectivity index (χ0n) is 10.8. The molecule has 0 aromatic carbocycles. The van der Waals surface area contributed by atoms with Crippen molar-refractivity contribution in [2.45, 2.75) is 77.7 Å². The Balaban J connectivity index is 2.53. The van der Waals surface area contributed by atoms with Gasteiger partial charge in [-0.3, -0.25) is 0 Å². The van der Waals surface area contributed by atoms with Gasteiger partial charge in [0.1, 0.15) is 0 Å². The number of aliphatic hydroxyl groups is 1. The minimum absolute atomic E-state index is 0.332. The van der Waals surface area contributed by atoms with E-state index in [1.54, 1.807) is 0 Å². The van der Waals surface area contributed by atoms with Crippen LogP contribution in [0.25, 0.3) is 0 Å². The SMILES string of the molecule is CCCC(C)CC1(O)CCCCC1CC. The molecule has 0 saturated heterocycles. The first kappa shape index (κ1) is 13.0. The fraction of sp³-hybridized carbons (Fsp3) is 1.00. The quantitative estimate of drug-likeness (QED) is 0.726. The van der Waals surface area contributed by atoms with Gasteiger partial charge < -0.3 is 5.11 Å². The molecule has 3 unspecified atom stereocenters. The molecule has 0 aromatic rings. The highest BCUT2D eigenvalue weighted by Gasteiger charge is 2.38. The molecule has 0 amide bonds. The average molecular weight is 212 g/mol. The van der Waals surface area contributed by atoms with Gasteiger partial charge in [0.2, 0.25) is 0 Å². The van der Waals surface area contributed by atoms with Crippen molar-refractivity contribution in [3.8, 4) is 0 Å². The van der Waals surface area contributed by atoms with E-state index in [0.717, 1.165) is 19.3 Å². The van der Waals surface area contributed by atoms with E-state index in [1.807, 2.05) is 0 Å². The van der Waals surface area contributed by atoms with Gasteiger partial charge in [0.25, 0.3) is 0 Å². The Labute approximate surface area is 95.3 Å². The maximum Gasteiger partial charge on any atom is 0.0678 e. The van der Waals surface area contributed by atoms with Gasteiger partial charge in [0, 0.05) is 0 Å². The molecule has 90 valence electrons. The lowest BCUT2D eigenvalue weighted by Gasteiger charge is -2.41. The Morgan fingerprint density at radius 1 is 1.33 bits per heavy atom. The number of hydrogen-bond donors (Lipinski definition) is 1. The molecule has 0 aliphatic heterocycles. The second-order valence-electron chi connectivity index (χ2n) is 5.55. The lowest BCUT2D eigenvalue weighted by atomic mass is 9.70. The van der Waals surface area contributed by atoms with Crippen molar-refractivity contribution in [1.82, 2.24) is 0 Å². The molecule has 1 aliphatic carbocycles. The fourth-order valence-corrected chi connectivity index (χ4v) is 3.35. The standard InChI is InChI=1S/C14H28O/c1-4-8-12(3)11-14(15)10-7-6-9-13(14)5-2/h12-13,15H,4-11H2,1-3H3. The highest BCUT2D eigenvalue weighted by molar-refractivity contribution is 4.90. The topological polar surface area (TPSA) is 20.2 Å². The first-order valence-corrected chi connectivity index (χ1v) is 6.84. The number of hydrogen-bond acceptors (Lipinski definition) is 1. The summed E-state index contributed by atoms with van der Waals surface area (Å²) in [6.45, 7) is 6.76. The molecular weight excluding hydrogens is 184 g/mol. The van der Waals surface area contributed by atoms with Crippen molar-refractivity contribution < 1.29 is 5.11 Å². The van der Waals surface area contributed by atoms with Gasteiger partial charge in [-0.15, -0.1) is 0 Å².